The van der Waals surface area contributed by atoms with Crippen LogP contribution in [-0.2, 0) is 6.42 Å². The van der Waals surface area contributed by atoms with Crippen LogP contribution in [0.4, 0.5) is 0 Å². The van der Waals surface area contributed by atoms with Crippen LogP contribution in [0.3, 0.4) is 0 Å². The largest absolute Gasteiger partial charge is 0.345 e. The molecule has 2 nitrogen and oxygen atoms in total. The van der Waals surface area contributed by atoms with Gasteiger partial charge in [-0.2, -0.15) is 0 Å². The second-order valence-electron chi connectivity index (χ2n) is 5.53. The number of hydrogen-bond acceptors (Lipinski definition) is 1. The Balaban J connectivity index is 1.73. The summed E-state index contributed by atoms with van der Waals surface area (Å²) in [6.07, 6.45) is 5.88. The van der Waals surface area contributed by atoms with Crippen LogP contribution in [0, 0.1) is 0 Å². The number of carbonyl (C=O) groups is 1. The fraction of sp³-hybridized carbons (Fsp3) is 0.211. The lowest BCUT2D eigenvalue weighted by Gasteiger charge is -2.14. The number of nitrogens with one attached hydrogen (secondary N) is 1. The molecule has 1 N–H and O–H groups in total. The van der Waals surface area contributed by atoms with Crippen LogP contribution < -0.4 is 5.32 Å². The van der Waals surface area contributed by atoms with Gasteiger partial charge >= 0.3 is 0 Å². The number of benzene rings is 2. The first kappa shape index (κ1) is 14.9. The van der Waals surface area contributed by atoms with Crippen LogP contribution in [0.2, 0.25) is 5.02 Å². The van der Waals surface area contributed by atoms with Crippen molar-refractivity contribution in [3.63, 3.8) is 0 Å². The Morgan fingerprint density at radius 1 is 1.23 bits per heavy atom. The van der Waals surface area contributed by atoms with Crippen molar-refractivity contribution in [1.82, 2.24) is 5.32 Å². The van der Waals surface area contributed by atoms with Gasteiger partial charge in [-0.1, -0.05) is 42.0 Å². The molecule has 22 heavy (non-hydrogen) atoms. The monoisotopic (exact) mass is 311 g/mol. The maximum Gasteiger partial charge on any atom is 0.251 e. The molecule has 112 valence electrons. The Hall–Kier alpha value is -2.06. The Morgan fingerprint density at radius 2 is 2.00 bits per heavy atom. The number of amides is 1. The highest BCUT2D eigenvalue weighted by molar-refractivity contribution is 6.30. The van der Waals surface area contributed by atoms with E-state index in [0.717, 1.165) is 23.4 Å². The number of halogens is 1. The highest BCUT2D eigenvalue weighted by atomic mass is 35.5. The van der Waals surface area contributed by atoms with Gasteiger partial charge in [0.15, 0.2) is 0 Å². The molecule has 2 aromatic rings. The summed E-state index contributed by atoms with van der Waals surface area (Å²) in [6.45, 7) is 1.98. The number of hydrogen-bond donors (Lipinski definition) is 1. The summed E-state index contributed by atoms with van der Waals surface area (Å²) < 4.78 is 0. The van der Waals surface area contributed by atoms with E-state index in [1.165, 1.54) is 11.1 Å². The molecule has 0 bridgehead atoms. The Morgan fingerprint density at radius 3 is 2.73 bits per heavy atom. The van der Waals surface area contributed by atoms with Crippen molar-refractivity contribution >= 4 is 23.6 Å². The number of rotatable bonds is 3. The Kier molecular flexibility index (Phi) is 4.30. The normalized spacial score (nSPS) is 16.7. The highest BCUT2D eigenvalue weighted by Gasteiger charge is 2.24. The third-order valence-electron chi connectivity index (χ3n) is 4.02. The van der Waals surface area contributed by atoms with Gasteiger partial charge in [0.1, 0.15) is 0 Å². The quantitative estimate of drug-likeness (QED) is 0.867. The highest BCUT2D eigenvalue weighted by Crippen LogP contribution is 2.33. The van der Waals surface area contributed by atoms with Gasteiger partial charge in [-0.15, -0.1) is 0 Å². The minimum Gasteiger partial charge on any atom is -0.345 e. The van der Waals surface area contributed by atoms with Gasteiger partial charge in [0.05, 0.1) is 6.04 Å². The first-order valence-corrected chi connectivity index (χ1v) is 7.87. The molecular weight excluding hydrogens is 294 g/mol. The van der Waals surface area contributed by atoms with Crippen molar-refractivity contribution in [1.29, 1.82) is 0 Å². The summed E-state index contributed by atoms with van der Waals surface area (Å²) in [7, 11) is 0. The van der Waals surface area contributed by atoms with Gasteiger partial charge in [0.25, 0.3) is 5.91 Å². The summed E-state index contributed by atoms with van der Waals surface area (Å²) in [4.78, 5) is 12.4. The zero-order valence-electron chi connectivity index (χ0n) is 12.5. The van der Waals surface area contributed by atoms with Crippen LogP contribution in [0.1, 0.15) is 46.4 Å². The van der Waals surface area contributed by atoms with Crippen molar-refractivity contribution in [2.45, 2.75) is 25.8 Å². The van der Waals surface area contributed by atoms with Crippen molar-refractivity contribution in [2.24, 2.45) is 0 Å². The molecule has 0 spiro atoms. The van der Waals surface area contributed by atoms with Crippen LogP contribution in [0.5, 0.6) is 0 Å². The lowest BCUT2D eigenvalue weighted by atomic mass is 10.1. The summed E-state index contributed by atoms with van der Waals surface area (Å²) in [5, 5.41) is 3.88. The summed E-state index contributed by atoms with van der Waals surface area (Å²) >= 11 is 6.02. The van der Waals surface area contributed by atoms with Crippen LogP contribution >= 0.6 is 11.6 Å². The first-order chi connectivity index (χ1) is 10.7. The SMILES string of the molecule is C/C=C/c1ccc(C(=O)NC2CCc3cc(Cl)ccc32)cc1. The average Bonchev–Trinajstić information content (AvgIpc) is 2.90. The topological polar surface area (TPSA) is 29.1 Å². The van der Waals surface area contributed by atoms with Gasteiger partial charge in [0, 0.05) is 10.6 Å². The summed E-state index contributed by atoms with van der Waals surface area (Å²) in [5.74, 6) is -0.0279. The number of allylic oxidation sites excluding steroid dienone is 1. The van der Waals surface area contributed by atoms with E-state index < -0.39 is 0 Å². The molecule has 1 amide bonds. The standard InChI is InChI=1S/C19H18ClNO/c1-2-3-13-4-6-14(7-5-13)19(22)21-18-11-8-15-12-16(20)9-10-17(15)18/h2-7,9-10,12,18H,8,11H2,1H3,(H,21,22)/b3-2+. The maximum absolute atomic E-state index is 12.4. The molecule has 0 radical (unpaired) electrons. The van der Waals surface area contributed by atoms with Gasteiger partial charge < -0.3 is 5.32 Å². The van der Waals surface area contributed by atoms with Crippen molar-refractivity contribution in [3.05, 3.63) is 75.8 Å². The lowest BCUT2D eigenvalue weighted by molar-refractivity contribution is 0.0936. The molecule has 3 heteroatoms. The molecule has 0 aliphatic heterocycles. The van der Waals surface area contributed by atoms with Crippen LogP contribution in [0.15, 0.2) is 48.5 Å². The molecular formula is C19H18ClNO. The molecule has 0 fully saturated rings. The van der Waals surface area contributed by atoms with Gasteiger partial charge in [-0.3, -0.25) is 4.79 Å². The zero-order valence-corrected chi connectivity index (χ0v) is 13.2. The van der Waals surface area contributed by atoms with Crippen molar-refractivity contribution < 1.29 is 4.79 Å². The van der Waals surface area contributed by atoms with Crippen LogP contribution in [-0.4, -0.2) is 5.91 Å². The van der Waals surface area contributed by atoms with E-state index in [1.807, 2.05) is 61.5 Å². The average molecular weight is 312 g/mol. The van der Waals surface area contributed by atoms with Gasteiger partial charge in [0.2, 0.25) is 0 Å². The predicted molar refractivity (Wildman–Crippen MR) is 91.1 cm³/mol. The van der Waals surface area contributed by atoms with Crippen molar-refractivity contribution in [2.75, 3.05) is 0 Å². The molecule has 3 rings (SSSR count). The van der Waals surface area contributed by atoms with Crippen LogP contribution in [0.25, 0.3) is 6.08 Å². The molecule has 2 aromatic carbocycles. The third-order valence-corrected chi connectivity index (χ3v) is 4.26. The Labute approximate surface area is 135 Å². The Bertz CT molecular complexity index is 719. The van der Waals surface area contributed by atoms with E-state index in [2.05, 4.69) is 5.32 Å². The van der Waals surface area contributed by atoms with Crippen molar-refractivity contribution in [3.8, 4) is 0 Å². The molecule has 0 aromatic heterocycles. The summed E-state index contributed by atoms with van der Waals surface area (Å²) in [6, 6.07) is 13.6. The molecule has 0 heterocycles. The van der Waals surface area contributed by atoms with Gasteiger partial charge in [-0.25, -0.2) is 0 Å². The second-order valence-corrected chi connectivity index (χ2v) is 5.97. The number of aryl methyl sites for hydroxylation is 1. The van der Waals surface area contributed by atoms with Gasteiger partial charge in [-0.05, 0) is 60.7 Å². The molecule has 1 unspecified atom stereocenters. The van der Waals surface area contributed by atoms with E-state index in [9.17, 15) is 4.79 Å². The van der Waals surface area contributed by atoms with E-state index in [1.54, 1.807) is 0 Å². The molecule has 1 atom stereocenters. The minimum atomic E-state index is -0.0279. The summed E-state index contributed by atoms with van der Waals surface area (Å²) in [5.41, 5.74) is 4.21. The fourth-order valence-electron chi connectivity index (χ4n) is 2.92. The van der Waals surface area contributed by atoms with E-state index in [0.29, 0.717) is 5.56 Å². The molecule has 1 aliphatic carbocycles. The zero-order chi connectivity index (χ0) is 15.5. The van der Waals surface area contributed by atoms with E-state index >= 15 is 0 Å². The van der Waals surface area contributed by atoms with E-state index in [4.69, 9.17) is 11.6 Å². The number of fused-ring (bicyclic) bond motifs is 1. The molecule has 1 aliphatic rings. The number of carbonyl (C=O) groups excluding carboxylic acids is 1. The minimum absolute atomic E-state index is 0.0279. The maximum atomic E-state index is 12.4. The predicted octanol–water partition coefficient (Wildman–Crippen LogP) is 4.79. The first-order valence-electron chi connectivity index (χ1n) is 7.49. The second kappa shape index (κ2) is 6.37. The molecule has 0 saturated carbocycles. The lowest BCUT2D eigenvalue weighted by Crippen LogP contribution is -2.27. The smallest absolute Gasteiger partial charge is 0.251 e. The third kappa shape index (κ3) is 3.07. The van der Waals surface area contributed by atoms with E-state index in [-0.39, 0.29) is 11.9 Å². The molecule has 0 saturated heterocycles. The fourth-order valence-corrected chi connectivity index (χ4v) is 3.11.